The van der Waals surface area contributed by atoms with E-state index >= 15 is 0 Å². The van der Waals surface area contributed by atoms with Gasteiger partial charge in [0.05, 0.1) is 27.4 Å². The van der Waals surface area contributed by atoms with Crippen LogP contribution in [0.1, 0.15) is 25.0 Å². The number of rotatable bonds is 7. The summed E-state index contributed by atoms with van der Waals surface area (Å²) in [5, 5.41) is 1.14. The van der Waals surface area contributed by atoms with Gasteiger partial charge in [-0.1, -0.05) is 18.2 Å². The molecule has 7 heteroatoms. The number of hydrogen-bond donors (Lipinski definition) is 1. The Morgan fingerprint density at radius 2 is 1.91 bits per heavy atom. The Balaban J connectivity index is 1.72. The van der Waals surface area contributed by atoms with E-state index in [1.807, 2.05) is 61.3 Å². The summed E-state index contributed by atoms with van der Waals surface area (Å²) in [6.45, 7) is 4.62. The van der Waals surface area contributed by atoms with Crippen LogP contribution in [0.4, 0.5) is 0 Å². The van der Waals surface area contributed by atoms with Crippen LogP contribution in [-0.4, -0.2) is 54.6 Å². The Hall–Kier alpha value is -3.48. The minimum atomic E-state index is -0.500. The van der Waals surface area contributed by atoms with Crippen molar-refractivity contribution in [2.75, 3.05) is 20.8 Å². The summed E-state index contributed by atoms with van der Waals surface area (Å²) in [5.41, 5.74) is 3.08. The van der Waals surface area contributed by atoms with Crippen molar-refractivity contribution in [3.63, 3.8) is 0 Å². The first kappa shape index (κ1) is 21.7. The first-order valence-corrected chi connectivity index (χ1v) is 10.8. The molecule has 2 heterocycles. The fourth-order valence-corrected chi connectivity index (χ4v) is 4.20. The zero-order chi connectivity index (χ0) is 22.7. The summed E-state index contributed by atoms with van der Waals surface area (Å²) < 4.78 is 16.8. The normalized spacial score (nSPS) is 18.6. The third-order valence-corrected chi connectivity index (χ3v) is 5.84. The molecule has 168 valence electrons. The lowest BCUT2D eigenvalue weighted by Gasteiger charge is -2.37. The lowest BCUT2D eigenvalue weighted by atomic mass is 9.99. The van der Waals surface area contributed by atoms with Crippen LogP contribution in [0, 0.1) is 0 Å². The number of aromatic amines is 1. The molecule has 1 N–H and O–H groups in total. The molecule has 0 radical (unpaired) electrons. The molecule has 0 fully saturated rings. The first-order chi connectivity index (χ1) is 15.5. The molecule has 1 aliphatic rings. The Labute approximate surface area is 188 Å². The largest absolute Gasteiger partial charge is 0.497 e. The molecule has 1 aromatic heterocycles. The van der Waals surface area contributed by atoms with Crippen molar-refractivity contribution >= 4 is 22.7 Å². The second kappa shape index (κ2) is 9.34. The highest BCUT2D eigenvalue weighted by Gasteiger charge is 2.37. The van der Waals surface area contributed by atoms with Gasteiger partial charge in [0.2, 0.25) is 11.8 Å². The van der Waals surface area contributed by atoms with Gasteiger partial charge < -0.3 is 24.1 Å². The molecule has 4 rings (SSSR count). The molecule has 0 unspecified atom stereocenters. The quantitative estimate of drug-likeness (QED) is 0.609. The van der Waals surface area contributed by atoms with Gasteiger partial charge in [-0.05, 0) is 37.6 Å². The van der Waals surface area contributed by atoms with Crippen LogP contribution in [0.25, 0.3) is 10.9 Å². The number of hydrogen-bond acceptors (Lipinski definition) is 5. The number of fused-ring (bicyclic) bond motifs is 1. The molecule has 0 spiro atoms. The van der Waals surface area contributed by atoms with Crippen LogP contribution in [0.15, 0.2) is 53.7 Å². The number of carbonyl (C=O) groups is 1. The van der Waals surface area contributed by atoms with E-state index in [0.29, 0.717) is 37.0 Å². The number of amides is 1. The van der Waals surface area contributed by atoms with Crippen LogP contribution in [0.3, 0.4) is 0 Å². The van der Waals surface area contributed by atoms with Gasteiger partial charge in [-0.2, -0.15) is 0 Å². The van der Waals surface area contributed by atoms with Crippen LogP contribution in [0.5, 0.6) is 11.5 Å². The van der Waals surface area contributed by atoms with Gasteiger partial charge >= 0.3 is 0 Å². The second-order valence-corrected chi connectivity index (χ2v) is 7.80. The van der Waals surface area contributed by atoms with Crippen LogP contribution in [-0.2, 0) is 22.5 Å². The highest BCUT2D eigenvalue weighted by molar-refractivity contribution is 5.96. The van der Waals surface area contributed by atoms with Gasteiger partial charge in [0.1, 0.15) is 23.6 Å². The van der Waals surface area contributed by atoms with Gasteiger partial charge in [-0.15, -0.1) is 0 Å². The van der Waals surface area contributed by atoms with E-state index in [4.69, 9.17) is 14.2 Å². The average Bonchev–Trinajstić information content (AvgIpc) is 3.22. The van der Waals surface area contributed by atoms with Gasteiger partial charge in [-0.25, -0.2) is 4.99 Å². The lowest BCUT2D eigenvalue weighted by Crippen LogP contribution is -2.53. The lowest BCUT2D eigenvalue weighted by molar-refractivity contribution is -0.135. The number of para-hydroxylation sites is 1. The molecule has 0 saturated heterocycles. The number of aromatic nitrogens is 1. The highest BCUT2D eigenvalue weighted by atomic mass is 16.5. The van der Waals surface area contributed by atoms with Crippen LogP contribution < -0.4 is 9.47 Å². The van der Waals surface area contributed by atoms with Gasteiger partial charge in [0.15, 0.2) is 0 Å². The topological polar surface area (TPSA) is 76.2 Å². The zero-order valence-corrected chi connectivity index (χ0v) is 18.9. The van der Waals surface area contributed by atoms with Gasteiger partial charge in [-0.3, -0.25) is 4.79 Å². The molecule has 0 aliphatic carbocycles. The maximum Gasteiger partial charge on any atom is 0.248 e. The number of methoxy groups -OCH3 is 2. The van der Waals surface area contributed by atoms with Crippen molar-refractivity contribution in [1.82, 2.24) is 9.88 Å². The summed E-state index contributed by atoms with van der Waals surface area (Å²) in [7, 11) is 3.24. The molecule has 0 bridgehead atoms. The molecule has 3 aromatic rings. The number of benzene rings is 2. The van der Waals surface area contributed by atoms with Crippen molar-refractivity contribution in [3.8, 4) is 11.5 Å². The molecular formula is C25H29N3O4. The van der Waals surface area contributed by atoms with Crippen LogP contribution >= 0.6 is 0 Å². The monoisotopic (exact) mass is 435 g/mol. The van der Waals surface area contributed by atoms with Gasteiger partial charge in [0.25, 0.3) is 0 Å². The average molecular weight is 436 g/mol. The first-order valence-electron chi connectivity index (χ1n) is 10.8. The Bertz CT molecular complexity index is 1140. The van der Waals surface area contributed by atoms with E-state index in [1.54, 1.807) is 14.2 Å². The molecular weight excluding hydrogens is 406 g/mol. The Morgan fingerprint density at radius 3 is 2.66 bits per heavy atom. The van der Waals surface area contributed by atoms with Crippen molar-refractivity contribution in [3.05, 3.63) is 59.8 Å². The van der Waals surface area contributed by atoms with Crippen molar-refractivity contribution in [2.24, 2.45) is 4.99 Å². The van der Waals surface area contributed by atoms with Crippen molar-refractivity contribution < 1.29 is 19.0 Å². The summed E-state index contributed by atoms with van der Waals surface area (Å²) in [5.74, 6) is 1.94. The summed E-state index contributed by atoms with van der Waals surface area (Å²) >= 11 is 0. The van der Waals surface area contributed by atoms with Gasteiger partial charge in [0, 0.05) is 35.2 Å². The highest BCUT2D eigenvalue weighted by Crippen LogP contribution is 2.30. The van der Waals surface area contributed by atoms with E-state index in [1.165, 1.54) is 0 Å². The molecule has 1 amide bonds. The maximum atomic E-state index is 13.3. The maximum absolute atomic E-state index is 13.3. The number of H-pyrrole nitrogens is 1. The van der Waals surface area contributed by atoms with E-state index < -0.39 is 6.04 Å². The number of aliphatic imine (C=N–C) groups is 1. The van der Waals surface area contributed by atoms with Crippen molar-refractivity contribution in [1.29, 1.82) is 0 Å². The molecule has 7 nitrogen and oxygen atoms in total. The molecule has 1 aliphatic heterocycles. The Kier molecular flexibility index (Phi) is 6.35. The summed E-state index contributed by atoms with van der Waals surface area (Å²) in [4.78, 5) is 23.1. The standard InChI is InChI=1S/C25H29N3O4/c1-5-32-24-22(12-18-14-26-21-9-7-6-8-20(18)21)28(25(29)16(2)27-24)15-17-10-11-19(30-3)13-23(17)31-4/h6-11,13-14,16,22,26H,5,12,15H2,1-4H3/t16-,22-/m0/s1. The third kappa shape index (κ3) is 4.15. The molecule has 0 saturated carbocycles. The van der Waals surface area contributed by atoms with Crippen LogP contribution in [0.2, 0.25) is 0 Å². The molecule has 2 atom stereocenters. The SMILES string of the molecule is CCOC1=N[C@@H](C)C(=O)N(Cc2ccc(OC)cc2OC)[C@H]1Cc1c[nH]c2ccccc12. The van der Waals surface area contributed by atoms with E-state index in [-0.39, 0.29) is 11.9 Å². The minimum absolute atomic E-state index is 0.0313. The summed E-state index contributed by atoms with van der Waals surface area (Å²) in [6, 6.07) is 13.0. The molecule has 2 aromatic carbocycles. The Morgan fingerprint density at radius 1 is 1.09 bits per heavy atom. The fourth-order valence-electron chi connectivity index (χ4n) is 4.20. The summed E-state index contributed by atoms with van der Waals surface area (Å²) in [6.07, 6.45) is 2.60. The predicted molar refractivity (Wildman–Crippen MR) is 124 cm³/mol. The number of nitrogens with zero attached hydrogens (tertiary/aromatic N) is 2. The third-order valence-electron chi connectivity index (χ3n) is 5.84. The predicted octanol–water partition coefficient (Wildman–Crippen LogP) is 3.96. The minimum Gasteiger partial charge on any atom is -0.497 e. The van der Waals surface area contributed by atoms with E-state index in [0.717, 1.165) is 22.0 Å². The molecule has 32 heavy (non-hydrogen) atoms. The van der Waals surface area contributed by atoms with E-state index in [2.05, 4.69) is 16.0 Å². The smallest absolute Gasteiger partial charge is 0.248 e. The van der Waals surface area contributed by atoms with Crippen molar-refractivity contribution in [2.45, 2.75) is 38.9 Å². The number of ether oxygens (including phenoxy) is 3. The zero-order valence-electron chi connectivity index (χ0n) is 18.9. The fraction of sp³-hybridized carbons (Fsp3) is 0.360. The number of nitrogens with one attached hydrogen (secondary N) is 1. The second-order valence-electron chi connectivity index (χ2n) is 7.80. The van der Waals surface area contributed by atoms with E-state index in [9.17, 15) is 4.79 Å². The number of carbonyl (C=O) groups excluding carboxylic acids is 1.